The topological polar surface area (TPSA) is 63.8 Å². The molecule has 100 valence electrons. The predicted molar refractivity (Wildman–Crippen MR) is 79.0 cm³/mol. The van der Waals surface area contributed by atoms with Crippen molar-refractivity contribution in [2.45, 2.75) is 38.6 Å². The van der Waals surface area contributed by atoms with Crippen LogP contribution in [0.15, 0.2) is 24.5 Å². The Balaban J connectivity index is 1.87. The minimum absolute atomic E-state index is 0.524. The normalized spacial score (nSPS) is 23.4. The second-order valence-corrected chi connectivity index (χ2v) is 5.57. The molecule has 0 spiro atoms. The first-order valence-corrected chi connectivity index (χ1v) is 7.00. The maximum atomic E-state index is 5.96. The van der Waals surface area contributed by atoms with Crippen molar-refractivity contribution in [1.82, 2.24) is 9.97 Å². The van der Waals surface area contributed by atoms with E-state index in [0.717, 1.165) is 22.6 Å². The number of rotatable bonds is 2. The second kappa shape index (κ2) is 5.03. The number of fused-ring (bicyclic) bond motifs is 1. The fourth-order valence-corrected chi connectivity index (χ4v) is 2.82. The summed E-state index contributed by atoms with van der Waals surface area (Å²) in [6.45, 7) is 2.33. The highest BCUT2D eigenvalue weighted by Crippen LogP contribution is 2.28. The number of para-hydroxylation sites is 1. The summed E-state index contributed by atoms with van der Waals surface area (Å²) >= 11 is 0. The molecule has 4 heteroatoms. The molecule has 1 aliphatic rings. The van der Waals surface area contributed by atoms with Crippen LogP contribution in [0.3, 0.4) is 0 Å². The summed E-state index contributed by atoms with van der Waals surface area (Å²) in [7, 11) is 0. The zero-order chi connectivity index (χ0) is 13.2. The fraction of sp³-hybridized carbons (Fsp3) is 0.467. The van der Waals surface area contributed by atoms with Crippen molar-refractivity contribution in [3.63, 3.8) is 0 Å². The van der Waals surface area contributed by atoms with E-state index in [9.17, 15) is 0 Å². The van der Waals surface area contributed by atoms with Crippen molar-refractivity contribution >= 4 is 22.4 Å². The molecule has 1 saturated carbocycles. The number of aromatic nitrogens is 2. The van der Waals surface area contributed by atoms with E-state index in [2.05, 4.69) is 22.2 Å². The number of hydrogen-bond acceptors (Lipinski definition) is 4. The predicted octanol–water partition coefficient (Wildman–Crippen LogP) is 3.20. The van der Waals surface area contributed by atoms with E-state index in [1.165, 1.54) is 25.7 Å². The molecular formula is C15H20N4. The number of hydrogen-bond donors (Lipinski definition) is 2. The average molecular weight is 256 g/mol. The molecule has 0 atom stereocenters. The summed E-state index contributed by atoms with van der Waals surface area (Å²) < 4.78 is 0. The molecule has 3 rings (SSSR count). The summed E-state index contributed by atoms with van der Waals surface area (Å²) in [5.41, 5.74) is 7.50. The Bertz CT molecular complexity index is 573. The molecule has 1 aliphatic carbocycles. The summed E-state index contributed by atoms with van der Waals surface area (Å²) in [5.74, 6) is 1.77. The summed E-state index contributed by atoms with van der Waals surface area (Å²) in [6.07, 6.45) is 6.61. The molecule has 1 heterocycles. The molecule has 0 amide bonds. The summed E-state index contributed by atoms with van der Waals surface area (Å²) in [6, 6.07) is 6.38. The van der Waals surface area contributed by atoms with Gasteiger partial charge in [-0.3, -0.25) is 0 Å². The smallest absolute Gasteiger partial charge is 0.137 e. The number of nitrogens with two attached hydrogens (primary N) is 1. The quantitative estimate of drug-likeness (QED) is 0.810. The van der Waals surface area contributed by atoms with Gasteiger partial charge in [-0.2, -0.15) is 0 Å². The molecule has 0 unspecified atom stereocenters. The van der Waals surface area contributed by atoms with Gasteiger partial charge >= 0.3 is 0 Å². The summed E-state index contributed by atoms with van der Waals surface area (Å²) in [5, 5.41) is 4.58. The van der Waals surface area contributed by atoms with E-state index >= 15 is 0 Å². The first-order chi connectivity index (χ1) is 9.24. The van der Waals surface area contributed by atoms with Crippen LogP contribution >= 0.6 is 0 Å². The molecule has 0 radical (unpaired) electrons. The van der Waals surface area contributed by atoms with Gasteiger partial charge in [-0.25, -0.2) is 9.97 Å². The van der Waals surface area contributed by atoms with Crippen LogP contribution in [0.1, 0.15) is 32.6 Å². The number of nitrogens with one attached hydrogen (secondary N) is 1. The fourth-order valence-electron chi connectivity index (χ4n) is 2.82. The van der Waals surface area contributed by atoms with Gasteiger partial charge in [0.05, 0.1) is 11.2 Å². The van der Waals surface area contributed by atoms with Gasteiger partial charge < -0.3 is 11.1 Å². The molecule has 1 aromatic heterocycles. The van der Waals surface area contributed by atoms with Crippen molar-refractivity contribution < 1.29 is 0 Å². The lowest BCUT2D eigenvalue weighted by Gasteiger charge is -2.27. The Kier molecular flexibility index (Phi) is 3.23. The number of anilines is 2. The van der Waals surface area contributed by atoms with Gasteiger partial charge in [-0.1, -0.05) is 13.0 Å². The lowest BCUT2D eigenvalue weighted by molar-refractivity contribution is 0.361. The Hall–Kier alpha value is -1.84. The standard InChI is InChI=1S/C15H20N4/c1-10-5-7-11(8-6-10)19-15-12-3-2-4-13(16)14(12)17-9-18-15/h2-4,9-11H,5-8,16H2,1H3,(H,17,18,19). The number of nitrogen functional groups attached to an aromatic ring is 1. The van der Waals surface area contributed by atoms with Crippen LogP contribution in [-0.4, -0.2) is 16.0 Å². The van der Waals surface area contributed by atoms with Gasteiger partial charge in [0, 0.05) is 11.4 Å². The highest BCUT2D eigenvalue weighted by atomic mass is 15.0. The van der Waals surface area contributed by atoms with Crippen molar-refractivity contribution in [1.29, 1.82) is 0 Å². The molecular weight excluding hydrogens is 236 g/mol. The first-order valence-electron chi connectivity index (χ1n) is 7.00. The third kappa shape index (κ3) is 2.48. The molecule has 2 aromatic rings. The van der Waals surface area contributed by atoms with E-state index in [1.54, 1.807) is 6.33 Å². The van der Waals surface area contributed by atoms with E-state index < -0.39 is 0 Å². The zero-order valence-corrected chi connectivity index (χ0v) is 11.3. The number of nitrogens with zero attached hydrogens (tertiary/aromatic N) is 2. The number of benzene rings is 1. The molecule has 3 N–H and O–H groups in total. The maximum absolute atomic E-state index is 5.96. The van der Waals surface area contributed by atoms with Gasteiger partial charge in [-0.05, 0) is 43.7 Å². The second-order valence-electron chi connectivity index (χ2n) is 5.57. The van der Waals surface area contributed by atoms with E-state index in [0.29, 0.717) is 11.7 Å². The minimum Gasteiger partial charge on any atom is -0.397 e. The minimum atomic E-state index is 0.524. The largest absolute Gasteiger partial charge is 0.397 e. The highest BCUT2D eigenvalue weighted by Gasteiger charge is 2.19. The Morgan fingerprint density at radius 3 is 2.74 bits per heavy atom. The SMILES string of the molecule is CC1CCC(Nc2ncnc3c(N)cccc23)CC1. The molecule has 0 bridgehead atoms. The van der Waals surface area contributed by atoms with Gasteiger partial charge in [0.2, 0.25) is 0 Å². The molecule has 0 aliphatic heterocycles. The molecule has 1 aromatic carbocycles. The lowest BCUT2D eigenvalue weighted by Crippen LogP contribution is -2.25. The van der Waals surface area contributed by atoms with Crippen molar-refractivity contribution in [2.24, 2.45) is 5.92 Å². The zero-order valence-electron chi connectivity index (χ0n) is 11.3. The first kappa shape index (κ1) is 12.2. The van der Waals surface area contributed by atoms with Crippen LogP contribution in [0.5, 0.6) is 0 Å². The summed E-state index contributed by atoms with van der Waals surface area (Å²) in [4.78, 5) is 8.65. The molecule has 1 fully saturated rings. The lowest BCUT2D eigenvalue weighted by atomic mass is 9.87. The molecule has 0 saturated heterocycles. The van der Waals surface area contributed by atoms with Gasteiger partial charge in [0.15, 0.2) is 0 Å². The van der Waals surface area contributed by atoms with Crippen molar-refractivity contribution in [3.05, 3.63) is 24.5 Å². The molecule has 4 nitrogen and oxygen atoms in total. The van der Waals surface area contributed by atoms with Crippen LogP contribution in [0.4, 0.5) is 11.5 Å². The van der Waals surface area contributed by atoms with Crippen molar-refractivity contribution in [3.8, 4) is 0 Å². The third-order valence-electron chi connectivity index (χ3n) is 4.05. The van der Waals surface area contributed by atoms with Crippen LogP contribution in [0, 0.1) is 5.92 Å². The van der Waals surface area contributed by atoms with Gasteiger partial charge in [0.25, 0.3) is 0 Å². The Morgan fingerprint density at radius 2 is 1.95 bits per heavy atom. The van der Waals surface area contributed by atoms with E-state index in [1.807, 2.05) is 18.2 Å². The maximum Gasteiger partial charge on any atom is 0.137 e. The Morgan fingerprint density at radius 1 is 1.16 bits per heavy atom. The van der Waals surface area contributed by atoms with Crippen LogP contribution in [0.25, 0.3) is 10.9 Å². The monoisotopic (exact) mass is 256 g/mol. The third-order valence-corrected chi connectivity index (χ3v) is 4.05. The van der Waals surface area contributed by atoms with Crippen LogP contribution < -0.4 is 11.1 Å². The van der Waals surface area contributed by atoms with E-state index in [4.69, 9.17) is 5.73 Å². The highest BCUT2D eigenvalue weighted by molar-refractivity contribution is 5.96. The van der Waals surface area contributed by atoms with Crippen LogP contribution in [0.2, 0.25) is 0 Å². The average Bonchev–Trinajstić information content (AvgIpc) is 2.43. The molecule has 19 heavy (non-hydrogen) atoms. The van der Waals surface area contributed by atoms with Gasteiger partial charge in [-0.15, -0.1) is 0 Å². The van der Waals surface area contributed by atoms with Gasteiger partial charge in [0.1, 0.15) is 12.1 Å². The van der Waals surface area contributed by atoms with Crippen LogP contribution in [-0.2, 0) is 0 Å². The Labute approximate surface area is 113 Å². The van der Waals surface area contributed by atoms with E-state index in [-0.39, 0.29) is 0 Å². The van der Waals surface area contributed by atoms with Crippen molar-refractivity contribution in [2.75, 3.05) is 11.1 Å².